The molecule has 0 atom stereocenters. The van der Waals surface area contributed by atoms with Crippen molar-refractivity contribution in [2.24, 2.45) is 5.92 Å². The van der Waals surface area contributed by atoms with Crippen LogP contribution in [0.4, 0.5) is 13.2 Å². The van der Waals surface area contributed by atoms with Gasteiger partial charge in [0.1, 0.15) is 0 Å². The monoisotopic (exact) mass is 253 g/mol. The van der Waals surface area contributed by atoms with Gasteiger partial charge in [0.15, 0.2) is 0 Å². The molecule has 0 radical (unpaired) electrons. The molecular weight excluding hydrogens is 243 g/mol. The number of hydrogen-bond donors (Lipinski definition) is 2. The molecule has 0 aromatic heterocycles. The highest BCUT2D eigenvalue weighted by atomic mass is 19.4. The molecule has 96 valence electrons. The van der Waals surface area contributed by atoms with Crippen molar-refractivity contribution >= 4 is 11.9 Å². The summed E-state index contributed by atoms with van der Waals surface area (Å²) in [5.41, 5.74) is 0. The van der Waals surface area contributed by atoms with Crippen LogP contribution in [0.25, 0.3) is 0 Å². The number of carbonyl (C=O) groups is 2. The van der Waals surface area contributed by atoms with Crippen LogP contribution in [0, 0.1) is 17.8 Å². The van der Waals surface area contributed by atoms with Crippen molar-refractivity contribution in [1.29, 1.82) is 0 Å². The van der Waals surface area contributed by atoms with Gasteiger partial charge in [-0.2, -0.15) is 13.2 Å². The third-order valence-corrected chi connectivity index (χ3v) is 1.59. The first kappa shape index (κ1) is 15.2. The van der Waals surface area contributed by atoms with Crippen LogP contribution in [-0.2, 0) is 14.3 Å². The molecule has 0 aromatic carbocycles. The van der Waals surface area contributed by atoms with E-state index in [4.69, 9.17) is 9.90 Å². The zero-order valence-electron chi connectivity index (χ0n) is 8.80. The van der Waals surface area contributed by atoms with Crippen LogP contribution in [-0.4, -0.2) is 43.4 Å². The van der Waals surface area contributed by atoms with Gasteiger partial charge in [0, 0.05) is 24.9 Å². The largest absolute Gasteiger partial charge is 0.490 e. The van der Waals surface area contributed by atoms with Crippen LogP contribution in [0.1, 0.15) is 0 Å². The van der Waals surface area contributed by atoms with E-state index in [1.54, 1.807) is 0 Å². The van der Waals surface area contributed by atoms with Crippen molar-refractivity contribution in [3.8, 4) is 11.8 Å². The summed E-state index contributed by atoms with van der Waals surface area (Å²) in [7, 11) is 1.33. The predicted octanol–water partition coefficient (Wildman–Crippen LogP) is 0.0155. The number of carboxylic acids is 1. The number of aliphatic carboxylic acids is 1. The highest BCUT2D eigenvalue weighted by molar-refractivity contribution is 5.88. The van der Waals surface area contributed by atoms with E-state index in [1.165, 1.54) is 7.11 Å². The van der Waals surface area contributed by atoms with Gasteiger partial charge < -0.3 is 15.2 Å². The summed E-state index contributed by atoms with van der Waals surface area (Å²) in [5.74, 6) is 2.30. The predicted molar refractivity (Wildman–Crippen MR) is 49.8 cm³/mol. The van der Waals surface area contributed by atoms with Gasteiger partial charge in [0.05, 0.1) is 7.11 Å². The molecule has 0 bridgehead atoms. The SMILES string of the molecule is COC(=O)C#CC1CNC1.O=C(O)C(F)(F)F. The lowest BCUT2D eigenvalue weighted by atomic mass is 10.1. The van der Waals surface area contributed by atoms with Gasteiger partial charge in [-0.05, 0) is 0 Å². The third kappa shape index (κ3) is 7.19. The zero-order valence-corrected chi connectivity index (χ0v) is 8.80. The van der Waals surface area contributed by atoms with Crippen molar-refractivity contribution in [2.45, 2.75) is 6.18 Å². The first-order valence-electron chi connectivity index (χ1n) is 4.37. The lowest BCUT2D eigenvalue weighted by Crippen LogP contribution is -2.41. The Balaban J connectivity index is 0.000000325. The molecule has 2 N–H and O–H groups in total. The molecule has 1 rings (SSSR count). The number of alkyl halides is 3. The van der Waals surface area contributed by atoms with Crippen molar-refractivity contribution in [3.63, 3.8) is 0 Å². The maximum Gasteiger partial charge on any atom is 0.490 e. The van der Waals surface area contributed by atoms with E-state index >= 15 is 0 Å². The van der Waals surface area contributed by atoms with E-state index in [2.05, 4.69) is 21.9 Å². The van der Waals surface area contributed by atoms with E-state index in [1.807, 2.05) is 0 Å². The van der Waals surface area contributed by atoms with Crippen LogP contribution in [0.2, 0.25) is 0 Å². The van der Waals surface area contributed by atoms with E-state index in [0.717, 1.165) is 13.1 Å². The summed E-state index contributed by atoms with van der Waals surface area (Å²) < 4.78 is 36.1. The molecule has 1 fully saturated rings. The highest BCUT2D eigenvalue weighted by Crippen LogP contribution is 2.13. The molecule has 0 spiro atoms. The molecule has 0 saturated carbocycles. The van der Waals surface area contributed by atoms with Gasteiger partial charge in [-0.25, -0.2) is 9.59 Å². The van der Waals surface area contributed by atoms with Crippen LogP contribution in [0.5, 0.6) is 0 Å². The van der Waals surface area contributed by atoms with Crippen molar-refractivity contribution in [3.05, 3.63) is 0 Å². The summed E-state index contributed by atoms with van der Waals surface area (Å²) in [6, 6.07) is 0. The fraction of sp³-hybridized carbons (Fsp3) is 0.556. The molecule has 0 amide bonds. The fourth-order valence-corrected chi connectivity index (χ4v) is 0.603. The fourth-order valence-electron chi connectivity index (χ4n) is 0.603. The Morgan fingerprint density at radius 2 is 1.88 bits per heavy atom. The molecule has 1 aliphatic heterocycles. The first-order valence-corrected chi connectivity index (χ1v) is 4.37. The Morgan fingerprint density at radius 1 is 1.41 bits per heavy atom. The molecule has 5 nitrogen and oxygen atoms in total. The minimum Gasteiger partial charge on any atom is -0.475 e. The van der Waals surface area contributed by atoms with Gasteiger partial charge in [-0.1, -0.05) is 5.92 Å². The normalized spacial score (nSPS) is 14.4. The standard InChI is InChI=1S/C7H9NO2.C2HF3O2/c1-10-7(9)3-2-6-4-8-5-6;3-2(4,5)1(6)7/h6,8H,4-5H2,1H3;(H,6,7). The average molecular weight is 253 g/mol. The summed E-state index contributed by atoms with van der Waals surface area (Å²) in [5, 5.41) is 10.2. The zero-order chi connectivity index (χ0) is 13.5. The summed E-state index contributed by atoms with van der Waals surface area (Å²) in [4.78, 5) is 19.3. The Hall–Kier alpha value is -1.75. The maximum absolute atomic E-state index is 10.6. The van der Waals surface area contributed by atoms with Crippen molar-refractivity contribution in [2.75, 3.05) is 20.2 Å². The molecule has 1 aliphatic rings. The molecule has 0 aromatic rings. The maximum atomic E-state index is 10.6. The molecule has 0 unspecified atom stereocenters. The number of halogens is 3. The minimum atomic E-state index is -5.08. The molecule has 1 heterocycles. The number of rotatable bonds is 0. The number of hydrogen-bond acceptors (Lipinski definition) is 4. The molecule has 8 heteroatoms. The van der Waals surface area contributed by atoms with E-state index in [-0.39, 0.29) is 0 Å². The Bertz CT molecular complexity index is 338. The summed E-state index contributed by atoms with van der Waals surface area (Å²) >= 11 is 0. The second-order valence-corrected chi connectivity index (χ2v) is 2.92. The number of esters is 1. The van der Waals surface area contributed by atoms with Crippen LogP contribution < -0.4 is 5.32 Å². The number of carboxylic acid groups (broad SMARTS) is 1. The summed E-state index contributed by atoms with van der Waals surface area (Å²) in [6.45, 7) is 1.79. The van der Waals surface area contributed by atoms with Gasteiger partial charge in [-0.3, -0.25) is 0 Å². The Labute approximate surface area is 94.9 Å². The number of methoxy groups -OCH3 is 1. The van der Waals surface area contributed by atoms with E-state index < -0.39 is 18.1 Å². The second kappa shape index (κ2) is 6.75. The van der Waals surface area contributed by atoms with Crippen LogP contribution in [0.3, 0.4) is 0 Å². The first-order chi connectivity index (χ1) is 7.77. The van der Waals surface area contributed by atoms with Gasteiger partial charge in [0.25, 0.3) is 0 Å². The van der Waals surface area contributed by atoms with Gasteiger partial charge in [0.2, 0.25) is 0 Å². The lowest BCUT2D eigenvalue weighted by Gasteiger charge is -2.20. The Morgan fingerprint density at radius 3 is 2.12 bits per heavy atom. The molecular formula is C9H10F3NO4. The van der Waals surface area contributed by atoms with E-state index in [9.17, 15) is 18.0 Å². The van der Waals surface area contributed by atoms with E-state index in [0.29, 0.717) is 5.92 Å². The molecule has 1 saturated heterocycles. The topological polar surface area (TPSA) is 75.6 Å². The highest BCUT2D eigenvalue weighted by Gasteiger charge is 2.38. The minimum absolute atomic E-state index is 0.346. The summed E-state index contributed by atoms with van der Waals surface area (Å²) in [6.07, 6.45) is -5.08. The van der Waals surface area contributed by atoms with Gasteiger partial charge >= 0.3 is 18.1 Å². The van der Waals surface area contributed by atoms with Crippen LogP contribution in [0.15, 0.2) is 0 Å². The van der Waals surface area contributed by atoms with Crippen molar-refractivity contribution in [1.82, 2.24) is 5.32 Å². The second-order valence-electron chi connectivity index (χ2n) is 2.92. The lowest BCUT2D eigenvalue weighted by molar-refractivity contribution is -0.192. The molecule has 17 heavy (non-hydrogen) atoms. The van der Waals surface area contributed by atoms with Gasteiger partial charge in [-0.15, -0.1) is 0 Å². The number of carbonyl (C=O) groups excluding carboxylic acids is 1. The molecule has 0 aliphatic carbocycles. The Kier molecular flexibility index (Phi) is 6.06. The third-order valence-electron chi connectivity index (χ3n) is 1.59. The van der Waals surface area contributed by atoms with Crippen molar-refractivity contribution < 1.29 is 32.6 Å². The number of ether oxygens (including phenoxy) is 1. The van der Waals surface area contributed by atoms with Crippen LogP contribution >= 0.6 is 0 Å². The quantitative estimate of drug-likeness (QED) is 0.361. The smallest absolute Gasteiger partial charge is 0.475 e. The number of nitrogens with one attached hydrogen (secondary N) is 1. The average Bonchev–Trinajstić information content (AvgIpc) is 2.14.